The first-order valence-corrected chi connectivity index (χ1v) is 7.78. The SMILES string of the molecule is Cc1cc(N2c3ccccc3CC2C)ccc1CC(C)N. The summed E-state index contributed by atoms with van der Waals surface area (Å²) in [6, 6.07) is 16.2. The highest BCUT2D eigenvalue weighted by molar-refractivity contribution is 5.71. The number of aryl methyl sites for hydroxylation is 1. The van der Waals surface area contributed by atoms with E-state index in [1.54, 1.807) is 0 Å². The van der Waals surface area contributed by atoms with Crippen molar-refractivity contribution >= 4 is 11.4 Å². The molecule has 2 heteroatoms. The Labute approximate surface area is 127 Å². The Morgan fingerprint density at radius 3 is 2.71 bits per heavy atom. The van der Waals surface area contributed by atoms with Gasteiger partial charge in [0.25, 0.3) is 0 Å². The Hall–Kier alpha value is -1.80. The molecule has 1 aliphatic rings. The standard InChI is InChI=1S/C19H24N2/c1-13-10-18(9-8-16(13)11-14(2)20)21-15(3)12-17-6-4-5-7-19(17)21/h4-10,14-15H,11-12,20H2,1-3H3. The Morgan fingerprint density at radius 1 is 1.24 bits per heavy atom. The Balaban J connectivity index is 1.96. The van der Waals surface area contributed by atoms with Gasteiger partial charge in [0.05, 0.1) is 0 Å². The number of anilines is 2. The van der Waals surface area contributed by atoms with Crippen molar-refractivity contribution in [3.8, 4) is 0 Å². The summed E-state index contributed by atoms with van der Waals surface area (Å²) in [4.78, 5) is 2.46. The first-order valence-electron chi connectivity index (χ1n) is 7.78. The molecular weight excluding hydrogens is 256 g/mol. The van der Waals surface area contributed by atoms with Crippen LogP contribution in [0.25, 0.3) is 0 Å². The van der Waals surface area contributed by atoms with E-state index >= 15 is 0 Å². The van der Waals surface area contributed by atoms with E-state index in [1.165, 1.54) is 28.1 Å². The third-order valence-corrected chi connectivity index (χ3v) is 4.35. The lowest BCUT2D eigenvalue weighted by atomic mass is 10.0. The highest BCUT2D eigenvalue weighted by Crippen LogP contribution is 2.38. The van der Waals surface area contributed by atoms with E-state index in [0.717, 1.165) is 12.8 Å². The third-order valence-electron chi connectivity index (χ3n) is 4.35. The van der Waals surface area contributed by atoms with Crippen LogP contribution < -0.4 is 10.6 Å². The largest absolute Gasteiger partial charge is 0.338 e. The Morgan fingerprint density at radius 2 is 2.00 bits per heavy atom. The molecule has 2 atom stereocenters. The third kappa shape index (κ3) is 2.68. The van der Waals surface area contributed by atoms with Crippen molar-refractivity contribution in [2.45, 2.75) is 45.7 Å². The maximum absolute atomic E-state index is 5.93. The number of nitrogens with two attached hydrogens (primary N) is 1. The lowest BCUT2D eigenvalue weighted by Crippen LogP contribution is -2.24. The van der Waals surface area contributed by atoms with Crippen LogP contribution in [0, 0.1) is 6.92 Å². The van der Waals surface area contributed by atoms with Crippen LogP contribution >= 0.6 is 0 Å². The molecule has 0 radical (unpaired) electrons. The van der Waals surface area contributed by atoms with Crippen LogP contribution in [0.1, 0.15) is 30.5 Å². The molecule has 0 aromatic heterocycles. The number of fused-ring (bicyclic) bond motifs is 1. The highest BCUT2D eigenvalue weighted by Gasteiger charge is 2.26. The van der Waals surface area contributed by atoms with Crippen LogP contribution in [0.4, 0.5) is 11.4 Å². The Bertz CT molecular complexity index is 646. The average Bonchev–Trinajstić information content (AvgIpc) is 2.76. The average molecular weight is 280 g/mol. The molecule has 1 heterocycles. The van der Waals surface area contributed by atoms with Crippen LogP contribution in [0.15, 0.2) is 42.5 Å². The fraction of sp³-hybridized carbons (Fsp3) is 0.368. The molecule has 110 valence electrons. The van der Waals surface area contributed by atoms with Gasteiger partial charge in [0.15, 0.2) is 0 Å². The zero-order chi connectivity index (χ0) is 15.0. The van der Waals surface area contributed by atoms with Crippen LogP contribution in [-0.2, 0) is 12.8 Å². The molecule has 0 aliphatic carbocycles. The second-order valence-corrected chi connectivity index (χ2v) is 6.34. The van der Waals surface area contributed by atoms with Gasteiger partial charge in [0.2, 0.25) is 0 Å². The molecule has 2 unspecified atom stereocenters. The molecule has 2 aromatic carbocycles. The van der Waals surface area contributed by atoms with Crippen LogP contribution in [0.2, 0.25) is 0 Å². The highest BCUT2D eigenvalue weighted by atomic mass is 15.2. The van der Waals surface area contributed by atoms with Crippen molar-refractivity contribution in [1.29, 1.82) is 0 Å². The van der Waals surface area contributed by atoms with Crippen molar-refractivity contribution in [2.75, 3.05) is 4.90 Å². The summed E-state index contributed by atoms with van der Waals surface area (Å²) >= 11 is 0. The minimum absolute atomic E-state index is 0.209. The first kappa shape index (κ1) is 14.2. The van der Waals surface area contributed by atoms with Crippen molar-refractivity contribution in [2.24, 2.45) is 5.73 Å². The molecule has 0 bridgehead atoms. The minimum atomic E-state index is 0.209. The number of benzene rings is 2. The van der Waals surface area contributed by atoms with Gasteiger partial charge < -0.3 is 10.6 Å². The Kier molecular flexibility index (Phi) is 3.73. The molecule has 2 nitrogen and oxygen atoms in total. The maximum atomic E-state index is 5.93. The smallest absolute Gasteiger partial charge is 0.0446 e. The van der Waals surface area contributed by atoms with Gasteiger partial charge in [-0.2, -0.15) is 0 Å². The fourth-order valence-electron chi connectivity index (χ4n) is 3.36. The molecule has 1 aliphatic heterocycles. The molecule has 2 N–H and O–H groups in total. The molecule has 0 saturated carbocycles. The van der Waals surface area contributed by atoms with E-state index in [1.807, 2.05) is 0 Å². The fourth-order valence-corrected chi connectivity index (χ4v) is 3.36. The van der Waals surface area contributed by atoms with Gasteiger partial charge in [-0.3, -0.25) is 0 Å². The van der Waals surface area contributed by atoms with E-state index in [2.05, 4.69) is 68.1 Å². The van der Waals surface area contributed by atoms with Gasteiger partial charge in [-0.05, 0) is 68.5 Å². The lowest BCUT2D eigenvalue weighted by Gasteiger charge is -2.26. The molecule has 0 fully saturated rings. The molecule has 0 amide bonds. The second-order valence-electron chi connectivity index (χ2n) is 6.34. The van der Waals surface area contributed by atoms with Gasteiger partial charge in [-0.25, -0.2) is 0 Å². The molecule has 2 aromatic rings. The van der Waals surface area contributed by atoms with Crippen LogP contribution in [-0.4, -0.2) is 12.1 Å². The topological polar surface area (TPSA) is 29.3 Å². The minimum Gasteiger partial charge on any atom is -0.338 e. The summed E-state index contributed by atoms with van der Waals surface area (Å²) in [5.74, 6) is 0. The maximum Gasteiger partial charge on any atom is 0.0446 e. The molecule has 3 rings (SSSR count). The van der Waals surface area contributed by atoms with Gasteiger partial charge in [-0.15, -0.1) is 0 Å². The molecule has 0 spiro atoms. The number of nitrogens with zero attached hydrogens (tertiary/aromatic N) is 1. The van der Waals surface area contributed by atoms with Crippen molar-refractivity contribution in [3.05, 3.63) is 59.2 Å². The summed E-state index contributed by atoms with van der Waals surface area (Å²) in [6.07, 6.45) is 2.06. The first-order chi connectivity index (χ1) is 10.1. The van der Waals surface area contributed by atoms with Gasteiger partial charge in [-0.1, -0.05) is 24.3 Å². The predicted octanol–water partition coefficient (Wildman–Crippen LogP) is 3.97. The van der Waals surface area contributed by atoms with E-state index in [4.69, 9.17) is 5.73 Å². The van der Waals surface area contributed by atoms with Crippen LogP contribution in [0.3, 0.4) is 0 Å². The molecular formula is C19H24N2. The number of para-hydroxylation sites is 1. The molecule has 21 heavy (non-hydrogen) atoms. The quantitative estimate of drug-likeness (QED) is 0.922. The number of hydrogen-bond donors (Lipinski definition) is 1. The van der Waals surface area contributed by atoms with E-state index in [-0.39, 0.29) is 6.04 Å². The van der Waals surface area contributed by atoms with E-state index < -0.39 is 0 Å². The lowest BCUT2D eigenvalue weighted by molar-refractivity contribution is 0.733. The normalized spacial score (nSPS) is 18.7. The van der Waals surface area contributed by atoms with Gasteiger partial charge in [0, 0.05) is 23.5 Å². The van der Waals surface area contributed by atoms with E-state index in [9.17, 15) is 0 Å². The zero-order valence-electron chi connectivity index (χ0n) is 13.1. The summed E-state index contributed by atoms with van der Waals surface area (Å²) in [5, 5.41) is 0. The van der Waals surface area contributed by atoms with E-state index in [0.29, 0.717) is 6.04 Å². The monoisotopic (exact) mass is 280 g/mol. The summed E-state index contributed by atoms with van der Waals surface area (Å²) in [5.41, 5.74) is 12.7. The summed E-state index contributed by atoms with van der Waals surface area (Å²) in [7, 11) is 0. The summed E-state index contributed by atoms with van der Waals surface area (Å²) < 4.78 is 0. The second kappa shape index (κ2) is 5.53. The van der Waals surface area contributed by atoms with Crippen molar-refractivity contribution < 1.29 is 0 Å². The van der Waals surface area contributed by atoms with Gasteiger partial charge >= 0.3 is 0 Å². The summed E-state index contributed by atoms with van der Waals surface area (Å²) in [6.45, 7) is 6.55. The predicted molar refractivity (Wildman–Crippen MR) is 90.3 cm³/mol. The van der Waals surface area contributed by atoms with Crippen molar-refractivity contribution in [1.82, 2.24) is 0 Å². The van der Waals surface area contributed by atoms with Crippen molar-refractivity contribution in [3.63, 3.8) is 0 Å². The van der Waals surface area contributed by atoms with Gasteiger partial charge in [0.1, 0.15) is 0 Å². The zero-order valence-corrected chi connectivity index (χ0v) is 13.1. The van der Waals surface area contributed by atoms with Crippen LogP contribution in [0.5, 0.6) is 0 Å². The molecule has 0 saturated heterocycles. The number of rotatable bonds is 3. The number of hydrogen-bond acceptors (Lipinski definition) is 2.